The molecule has 0 aromatic rings. The highest BCUT2D eigenvalue weighted by atomic mass is 16.6. The Morgan fingerprint density at radius 1 is 1.12 bits per heavy atom. The molecule has 0 fully saturated rings. The molecule has 0 aromatic heterocycles. The van der Waals surface area contributed by atoms with E-state index < -0.39 is 6.10 Å². The van der Waals surface area contributed by atoms with Gasteiger partial charge in [0.15, 0.2) is 0 Å². The zero-order valence-electron chi connectivity index (χ0n) is 20.5. The number of carbonyl (C=O) groups excluding carboxylic acids is 3. The van der Waals surface area contributed by atoms with E-state index in [0.717, 1.165) is 32.1 Å². The van der Waals surface area contributed by atoms with Gasteiger partial charge in [-0.15, -0.1) is 0 Å². The maximum atomic E-state index is 12.3. The average Bonchev–Trinajstić information content (AvgIpc) is 3.14. The van der Waals surface area contributed by atoms with Crippen LogP contribution >= 0.6 is 0 Å². The molecule has 0 amide bonds. The van der Waals surface area contributed by atoms with E-state index in [1.807, 2.05) is 0 Å². The van der Waals surface area contributed by atoms with Crippen molar-refractivity contribution in [2.24, 2.45) is 5.41 Å². The fraction of sp³-hybridized carbons (Fsp3) is 0.593. The minimum Gasteiger partial charge on any atom is -0.458 e. The zero-order chi connectivity index (χ0) is 23.9. The topological polar surface area (TPSA) is 69.7 Å². The molecule has 0 radical (unpaired) electrons. The van der Waals surface area contributed by atoms with Gasteiger partial charge >= 0.3 is 11.9 Å². The summed E-state index contributed by atoms with van der Waals surface area (Å²) in [5.74, 6) is -0.393. The van der Waals surface area contributed by atoms with Gasteiger partial charge in [0.1, 0.15) is 18.5 Å². The molecule has 1 heterocycles. The molecule has 32 heavy (non-hydrogen) atoms. The highest BCUT2D eigenvalue weighted by Gasteiger charge is 2.35. The number of ketones is 1. The van der Waals surface area contributed by atoms with Crippen molar-refractivity contribution in [2.45, 2.75) is 92.6 Å². The van der Waals surface area contributed by atoms with E-state index >= 15 is 0 Å². The van der Waals surface area contributed by atoms with Gasteiger partial charge in [-0.25, -0.2) is 4.79 Å². The largest absolute Gasteiger partial charge is 0.458 e. The predicted molar refractivity (Wildman–Crippen MR) is 126 cm³/mol. The monoisotopic (exact) mass is 442 g/mol. The normalized spacial score (nSPS) is 20.2. The number of rotatable bonds is 10. The zero-order valence-corrected chi connectivity index (χ0v) is 20.5. The van der Waals surface area contributed by atoms with Crippen LogP contribution in [0.5, 0.6) is 0 Å². The first-order valence-electron chi connectivity index (χ1n) is 11.6. The standard InChI is InChI=1S/C27H38O5/c1-18(10-13-23-20(3)12-15-25(29)27(23,5)6)8-7-9-19(2)11-14-24(32-21(4)28)22-16-26(30)31-17-22/h8,11,16,24H,7,9-10,12-15,17H2,1-6H3/b18-8+,19-11?/t24-/m1/s1. The number of allylic oxidation sites excluding steroid dienone is 5. The Morgan fingerprint density at radius 3 is 2.44 bits per heavy atom. The van der Waals surface area contributed by atoms with Gasteiger partial charge < -0.3 is 9.47 Å². The maximum absolute atomic E-state index is 12.3. The molecular formula is C27H38O5. The lowest BCUT2D eigenvalue weighted by Crippen LogP contribution is -2.30. The third-order valence-corrected chi connectivity index (χ3v) is 6.58. The first-order chi connectivity index (χ1) is 15.0. The summed E-state index contributed by atoms with van der Waals surface area (Å²) in [5.41, 5.74) is 5.64. The molecule has 0 N–H and O–H groups in total. The summed E-state index contributed by atoms with van der Waals surface area (Å²) >= 11 is 0. The molecule has 2 aliphatic rings. The molecule has 0 spiro atoms. The summed E-state index contributed by atoms with van der Waals surface area (Å²) in [7, 11) is 0. The Kier molecular flexibility index (Phi) is 9.23. The van der Waals surface area contributed by atoms with Crippen LogP contribution in [0.1, 0.15) is 86.5 Å². The van der Waals surface area contributed by atoms with Crippen molar-refractivity contribution < 1.29 is 23.9 Å². The van der Waals surface area contributed by atoms with Crippen LogP contribution in [0.4, 0.5) is 0 Å². The smallest absolute Gasteiger partial charge is 0.331 e. The van der Waals surface area contributed by atoms with E-state index in [4.69, 9.17) is 9.47 Å². The van der Waals surface area contributed by atoms with Crippen LogP contribution in [0.15, 0.2) is 46.1 Å². The lowest BCUT2D eigenvalue weighted by Gasteiger charge is -2.33. The number of cyclic esters (lactones) is 1. The predicted octanol–water partition coefficient (Wildman–Crippen LogP) is 5.95. The van der Waals surface area contributed by atoms with Crippen LogP contribution in [0, 0.1) is 5.41 Å². The summed E-state index contributed by atoms with van der Waals surface area (Å²) in [6.07, 6.45) is 11.2. The highest BCUT2D eigenvalue weighted by Crippen LogP contribution is 2.40. The van der Waals surface area contributed by atoms with E-state index in [1.54, 1.807) is 0 Å². The second kappa shape index (κ2) is 11.4. The molecule has 1 atom stereocenters. The summed E-state index contributed by atoms with van der Waals surface area (Å²) in [6.45, 7) is 12.1. The quantitative estimate of drug-likeness (QED) is 0.309. The summed E-state index contributed by atoms with van der Waals surface area (Å²) < 4.78 is 10.3. The molecule has 1 aliphatic heterocycles. The fourth-order valence-corrected chi connectivity index (χ4v) is 4.42. The van der Waals surface area contributed by atoms with E-state index in [2.05, 4.69) is 46.8 Å². The number of ether oxygens (including phenoxy) is 2. The minimum atomic E-state index is -0.454. The minimum absolute atomic E-state index is 0.184. The molecule has 0 aromatic carbocycles. The Balaban J connectivity index is 1.86. The SMILES string of the molecule is CC(=O)O[C@H](CC=C(C)CC/C=C(\C)CCC1=C(C)CCC(=O)C1(C)C)C1=CC(=O)OC1. The molecule has 176 valence electrons. The van der Waals surface area contributed by atoms with Gasteiger partial charge in [-0.3, -0.25) is 9.59 Å². The van der Waals surface area contributed by atoms with E-state index in [1.165, 1.54) is 35.3 Å². The van der Waals surface area contributed by atoms with Gasteiger partial charge in [0.2, 0.25) is 0 Å². The van der Waals surface area contributed by atoms with Gasteiger partial charge in [-0.05, 0) is 66.7 Å². The number of hydrogen-bond donors (Lipinski definition) is 0. The maximum Gasteiger partial charge on any atom is 0.331 e. The fourth-order valence-electron chi connectivity index (χ4n) is 4.42. The Morgan fingerprint density at radius 2 is 1.81 bits per heavy atom. The first-order valence-corrected chi connectivity index (χ1v) is 11.6. The van der Waals surface area contributed by atoms with Gasteiger partial charge in [0.05, 0.1) is 0 Å². The third-order valence-electron chi connectivity index (χ3n) is 6.58. The Hall–Kier alpha value is -2.43. The highest BCUT2D eigenvalue weighted by molar-refractivity contribution is 5.88. The molecule has 1 aliphatic carbocycles. The van der Waals surface area contributed by atoms with Crippen molar-refractivity contribution in [1.82, 2.24) is 0 Å². The second-order valence-corrected chi connectivity index (χ2v) is 9.61. The van der Waals surface area contributed by atoms with Crippen LogP contribution in [0.3, 0.4) is 0 Å². The van der Waals surface area contributed by atoms with Crippen molar-refractivity contribution in [3.63, 3.8) is 0 Å². The molecule has 0 saturated heterocycles. The van der Waals surface area contributed by atoms with Crippen LogP contribution in [-0.4, -0.2) is 30.4 Å². The third kappa shape index (κ3) is 7.32. The molecule has 0 unspecified atom stereocenters. The lowest BCUT2D eigenvalue weighted by atomic mass is 9.70. The second-order valence-electron chi connectivity index (χ2n) is 9.61. The van der Waals surface area contributed by atoms with Crippen LogP contribution in [-0.2, 0) is 23.9 Å². The van der Waals surface area contributed by atoms with Gasteiger partial charge in [-0.2, -0.15) is 0 Å². The Bertz CT molecular complexity index is 866. The van der Waals surface area contributed by atoms with Gasteiger partial charge in [0, 0.05) is 36.8 Å². The molecule has 2 rings (SSSR count). The van der Waals surface area contributed by atoms with Crippen LogP contribution in [0.2, 0.25) is 0 Å². The number of hydrogen-bond acceptors (Lipinski definition) is 5. The van der Waals surface area contributed by atoms with Crippen molar-refractivity contribution in [3.8, 4) is 0 Å². The summed E-state index contributed by atoms with van der Waals surface area (Å²) in [4.78, 5) is 35.1. The summed E-state index contributed by atoms with van der Waals surface area (Å²) in [6, 6.07) is 0. The van der Waals surface area contributed by atoms with Gasteiger partial charge in [-0.1, -0.05) is 34.4 Å². The average molecular weight is 443 g/mol. The molecule has 5 nitrogen and oxygen atoms in total. The lowest BCUT2D eigenvalue weighted by molar-refractivity contribution is -0.144. The number of esters is 2. The van der Waals surface area contributed by atoms with Crippen LogP contribution < -0.4 is 0 Å². The van der Waals surface area contributed by atoms with Crippen molar-refractivity contribution in [1.29, 1.82) is 0 Å². The van der Waals surface area contributed by atoms with E-state index in [9.17, 15) is 14.4 Å². The summed E-state index contributed by atoms with van der Waals surface area (Å²) in [5, 5.41) is 0. The molecule has 0 saturated carbocycles. The number of Topliss-reactive ketones (excluding diaryl/α,β-unsaturated/α-hetero) is 1. The van der Waals surface area contributed by atoms with Gasteiger partial charge in [0.25, 0.3) is 0 Å². The van der Waals surface area contributed by atoms with E-state index in [-0.39, 0.29) is 24.0 Å². The van der Waals surface area contributed by atoms with Crippen LogP contribution in [0.25, 0.3) is 0 Å². The van der Waals surface area contributed by atoms with Crippen molar-refractivity contribution >= 4 is 17.7 Å². The first kappa shape index (κ1) is 25.8. The van der Waals surface area contributed by atoms with Crippen molar-refractivity contribution in [3.05, 3.63) is 46.1 Å². The molecule has 0 bridgehead atoms. The number of carbonyl (C=O) groups is 3. The van der Waals surface area contributed by atoms with E-state index in [0.29, 0.717) is 24.2 Å². The van der Waals surface area contributed by atoms with Crippen molar-refractivity contribution in [2.75, 3.05) is 6.61 Å². The Labute approximate surface area is 192 Å². The molecular weight excluding hydrogens is 404 g/mol. The molecule has 5 heteroatoms.